The van der Waals surface area contributed by atoms with E-state index in [-0.39, 0.29) is 0 Å². The van der Waals surface area contributed by atoms with E-state index in [4.69, 9.17) is 28.2 Å². The molecule has 2 aromatic carbocycles. The number of aromatic nitrogens is 1. The third kappa shape index (κ3) is 6.70. The van der Waals surface area contributed by atoms with Gasteiger partial charge >= 0.3 is 0 Å². The summed E-state index contributed by atoms with van der Waals surface area (Å²) in [5.41, 5.74) is 3.80. The van der Waals surface area contributed by atoms with E-state index in [0.29, 0.717) is 11.1 Å². The van der Waals surface area contributed by atoms with E-state index in [2.05, 4.69) is 37.1 Å². The Morgan fingerprint density at radius 3 is 2.55 bits per heavy atom. The summed E-state index contributed by atoms with van der Waals surface area (Å²) in [4.78, 5) is 7.26. The fourth-order valence-electron chi connectivity index (χ4n) is 3.71. The highest BCUT2D eigenvalue weighted by Gasteiger charge is 2.10. The summed E-state index contributed by atoms with van der Waals surface area (Å²) < 4.78 is 0. The fraction of sp³-hybridized carbons (Fsp3) is 0.346. The van der Waals surface area contributed by atoms with E-state index in [0.717, 1.165) is 58.9 Å². The average Bonchev–Trinajstić information content (AvgIpc) is 2.76. The van der Waals surface area contributed by atoms with Gasteiger partial charge in [0.2, 0.25) is 0 Å². The van der Waals surface area contributed by atoms with Crippen molar-refractivity contribution in [3.8, 4) is 0 Å². The van der Waals surface area contributed by atoms with Gasteiger partial charge in [0.1, 0.15) is 0 Å². The highest BCUT2D eigenvalue weighted by molar-refractivity contribution is 6.32. The van der Waals surface area contributed by atoms with Crippen LogP contribution in [0, 0.1) is 0 Å². The fourth-order valence-corrected chi connectivity index (χ4v) is 4.08. The molecule has 1 heterocycles. The van der Waals surface area contributed by atoms with Crippen LogP contribution in [0.4, 0.5) is 5.69 Å². The van der Waals surface area contributed by atoms with Crippen molar-refractivity contribution in [1.82, 2.24) is 9.88 Å². The first kappa shape index (κ1) is 23.6. The van der Waals surface area contributed by atoms with Gasteiger partial charge in [-0.3, -0.25) is 0 Å². The van der Waals surface area contributed by atoms with Gasteiger partial charge in [0, 0.05) is 27.2 Å². The molecule has 3 rings (SSSR count). The van der Waals surface area contributed by atoms with Crippen LogP contribution in [0.5, 0.6) is 0 Å². The Hall–Kier alpha value is -2.07. The summed E-state index contributed by atoms with van der Waals surface area (Å²) in [5.74, 6) is 0. The molecule has 5 heteroatoms. The van der Waals surface area contributed by atoms with E-state index in [1.807, 2.05) is 54.6 Å². The van der Waals surface area contributed by atoms with Crippen LogP contribution in [0.25, 0.3) is 23.1 Å². The maximum absolute atomic E-state index is 6.29. The van der Waals surface area contributed by atoms with Gasteiger partial charge < -0.3 is 10.2 Å². The molecule has 0 bridgehead atoms. The normalized spacial score (nSPS) is 12.7. The second kappa shape index (κ2) is 11.5. The van der Waals surface area contributed by atoms with Crippen LogP contribution in [0.1, 0.15) is 44.9 Å². The van der Waals surface area contributed by atoms with Gasteiger partial charge in [0.25, 0.3) is 0 Å². The maximum Gasteiger partial charge on any atom is 0.0744 e. The lowest BCUT2D eigenvalue weighted by Crippen LogP contribution is -2.25. The molecule has 164 valence electrons. The molecule has 0 aliphatic carbocycles. The van der Waals surface area contributed by atoms with Crippen LogP contribution in [-0.2, 0) is 0 Å². The van der Waals surface area contributed by atoms with Crippen LogP contribution in [0.3, 0.4) is 0 Å². The topological polar surface area (TPSA) is 28.2 Å². The van der Waals surface area contributed by atoms with Crippen molar-refractivity contribution in [3.05, 3.63) is 69.8 Å². The first-order chi connectivity index (χ1) is 15.0. The zero-order valence-corrected chi connectivity index (χ0v) is 20.0. The smallest absolute Gasteiger partial charge is 0.0744 e. The number of halogens is 2. The Labute approximate surface area is 196 Å². The molecule has 31 heavy (non-hydrogen) atoms. The summed E-state index contributed by atoms with van der Waals surface area (Å²) >= 11 is 12.5. The van der Waals surface area contributed by atoms with Crippen LogP contribution < -0.4 is 5.32 Å². The predicted octanol–water partition coefficient (Wildman–Crippen LogP) is 7.63. The molecule has 0 saturated carbocycles. The average molecular weight is 456 g/mol. The molecule has 3 nitrogen and oxygen atoms in total. The number of hydrogen-bond donors (Lipinski definition) is 1. The third-order valence-electron chi connectivity index (χ3n) is 5.54. The first-order valence-electron chi connectivity index (χ1n) is 11.0. The Kier molecular flexibility index (Phi) is 8.77. The summed E-state index contributed by atoms with van der Waals surface area (Å²) in [7, 11) is 0. The van der Waals surface area contributed by atoms with E-state index >= 15 is 0 Å². The molecule has 0 amide bonds. The molecule has 1 N–H and O–H groups in total. The Morgan fingerprint density at radius 2 is 1.81 bits per heavy atom. The molecular weight excluding hydrogens is 425 g/mol. The molecular formula is C26H31Cl2N3. The molecule has 1 aromatic heterocycles. The van der Waals surface area contributed by atoms with Crippen LogP contribution in [0.15, 0.2) is 48.5 Å². The van der Waals surface area contributed by atoms with E-state index in [9.17, 15) is 0 Å². The van der Waals surface area contributed by atoms with Crippen LogP contribution in [-0.4, -0.2) is 35.6 Å². The Morgan fingerprint density at radius 1 is 1.03 bits per heavy atom. The van der Waals surface area contributed by atoms with Crippen molar-refractivity contribution in [2.75, 3.05) is 25.0 Å². The second-order valence-electron chi connectivity index (χ2n) is 7.83. The van der Waals surface area contributed by atoms with Crippen LogP contribution in [0.2, 0.25) is 10.0 Å². The predicted molar refractivity (Wildman–Crippen MR) is 137 cm³/mol. The molecule has 0 aliphatic heterocycles. The molecule has 1 atom stereocenters. The Bertz CT molecular complexity index is 1030. The van der Waals surface area contributed by atoms with Crippen molar-refractivity contribution in [2.45, 2.75) is 39.7 Å². The maximum atomic E-state index is 6.29. The minimum Gasteiger partial charge on any atom is -0.382 e. The van der Waals surface area contributed by atoms with Gasteiger partial charge in [-0.05, 0) is 81.4 Å². The quantitative estimate of drug-likeness (QED) is 0.340. The zero-order chi connectivity index (χ0) is 22.2. The minimum absolute atomic E-state index is 0.359. The minimum atomic E-state index is 0.359. The standard InChI is InChI=1S/C26H31Cl2N3/c1-4-31(5-2)16-8-9-19(3)29-26-18-22(14-12-20-10-6-7-11-24(20)28)30-25-17-21(27)13-15-23(25)26/h6-7,10-15,17-19H,4-5,8-9,16H2,1-3H3,(H,29,30). The van der Waals surface area contributed by atoms with Gasteiger partial charge in [-0.1, -0.05) is 61.3 Å². The number of hydrogen-bond acceptors (Lipinski definition) is 3. The number of rotatable bonds is 10. The molecule has 0 aliphatic rings. The highest BCUT2D eigenvalue weighted by Crippen LogP contribution is 2.28. The first-order valence-corrected chi connectivity index (χ1v) is 11.8. The third-order valence-corrected chi connectivity index (χ3v) is 6.12. The monoisotopic (exact) mass is 455 g/mol. The summed E-state index contributed by atoms with van der Waals surface area (Å²) in [6, 6.07) is 16.1. The second-order valence-corrected chi connectivity index (χ2v) is 8.67. The van der Waals surface area contributed by atoms with Crippen molar-refractivity contribution in [2.24, 2.45) is 0 Å². The number of nitrogens with one attached hydrogen (secondary N) is 1. The lowest BCUT2D eigenvalue weighted by Gasteiger charge is -2.21. The Balaban J connectivity index is 1.81. The van der Waals surface area contributed by atoms with Crippen LogP contribution >= 0.6 is 23.2 Å². The largest absolute Gasteiger partial charge is 0.382 e. The van der Waals surface area contributed by atoms with E-state index < -0.39 is 0 Å². The lowest BCUT2D eigenvalue weighted by molar-refractivity contribution is 0.295. The summed E-state index contributed by atoms with van der Waals surface area (Å²) in [6.45, 7) is 10.0. The van der Waals surface area contributed by atoms with E-state index in [1.165, 1.54) is 6.42 Å². The lowest BCUT2D eigenvalue weighted by atomic mass is 10.1. The molecule has 0 spiro atoms. The molecule has 0 fully saturated rings. The van der Waals surface area contributed by atoms with Crippen molar-refractivity contribution in [3.63, 3.8) is 0 Å². The van der Waals surface area contributed by atoms with Crippen molar-refractivity contribution >= 4 is 51.9 Å². The van der Waals surface area contributed by atoms with Gasteiger partial charge in [0.05, 0.1) is 11.2 Å². The summed E-state index contributed by atoms with van der Waals surface area (Å²) in [6.07, 6.45) is 6.28. The number of anilines is 1. The van der Waals surface area contributed by atoms with Gasteiger partial charge in [0.15, 0.2) is 0 Å². The SMILES string of the molecule is CCN(CC)CCCC(C)Nc1cc(C=Cc2ccccc2Cl)nc2cc(Cl)ccc12. The number of pyridine rings is 1. The van der Waals surface area contributed by atoms with E-state index in [1.54, 1.807) is 0 Å². The highest BCUT2D eigenvalue weighted by atomic mass is 35.5. The van der Waals surface area contributed by atoms with Gasteiger partial charge in [-0.15, -0.1) is 0 Å². The molecule has 1 unspecified atom stereocenters. The number of nitrogens with zero attached hydrogens (tertiary/aromatic N) is 2. The van der Waals surface area contributed by atoms with Gasteiger partial charge in [-0.25, -0.2) is 4.98 Å². The molecule has 3 aromatic rings. The van der Waals surface area contributed by atoms with Crippen molar-refractivity contribution < 1.29 is 0 Å². The number of benzene rings is 2. The number of fused-ring (bicyclic) bond motifs is 1. The van der Waals surface area contributed by atoms with Crippen molar-refractivity contribution in [1.29, 1.82) is 0 Å². The zero-order valence-electron chi connectivity index (χ0n) is 18.5. The van der Waals surface area contributed by atoms with Gasteiger partial charge in [-0.2, -0.15) is 0 Å². The molecule has 0 radical (unpaired) electrons. The molecule has 0 saturated heterocycles. The summed E-state index contributed by atoms with van der Waals surface area (Å²) in [5, 5.41) is 6.19.